The molecule has 4 nitrogen and oxygen atoms in total. The average Bonchev–Trinajstić information content (AvgIpc) is 2.98. The highest BCUT2D eigenvalue weighted by Crippen LogP contribution is 2.27. The molecule has 1 aliphatic heterocycles. The van der Waals surface area contributed by atoms with Gasteiger partial charge in [-0.3, -0.25) is 5.41 Å². The number of nitrogens with one attached hydrogen (secondary N) is 1. The second-order valence-electron chi connectivity index (χ2n) is 4.83. The van der Waals surface area contributed by atoms with Crippen LogP contribution in [0.15, 0.2) is 12.4 Å². The molecule has 1 N–H and O–H groups in total. The average molecular weight is 218 g/mol. The van der Waals surface area contributed by atoms with Crippen LogP contribution < -0.4 is 0 Å². The Morgan fingerprint density at radius 3 is 2.94 bits per heavy atom. The summed E-state index contributed by atoms with van der Waals surface area (Å²) in [4.78, 5) is 6.55. The molecule has 0 spiro atoms. The van der Waals surface area contributed by atoms with Crippen LogP contribution in [0.3, 0.4) is 0 Å². The molecule has 0 aromatic carbocycles. The molecule has 4 heteroatoms. The summed E-state index contributed by atoms with van der Waals surface area (Å²) in [5.41, 5.74) is 0. The fourth-order valence-corrected chi connectivity index (χ4v) is 2.84. The minimum absolute atomic E-state index is 0.515. The Hall–Kier alpha value is -1.32. The first kappa shape index (κ1) is 9.87. The van der Waals surface area contributed by atoms with E-state index in [0.717, 1.165) is 31.3 Å². The SMILES string of the molecule is N=C(C1CCCC1)N1CCn2ccnc2C1. The molecule has 1 fully saturated rings. The summed E-state index contributed by atoms with van der Waals surface area (Å²) >= 11 is 0. The van der Waals surface area contributed by atoms with E-state index in [0.29, 0.717) is 5.92 Å². The van der Waals surface area contributed by atoms with Crippen molar-refractivity contribution in [2.45, 2.75) is 38.8 Å². The number of fused-ring (bicyclic) bond motifs is 1. The highest BCUT2D eigenvalue weighted by molar-refractivity contribution is 5.81. The van der Waals surface area contributed by atoms with Crippen LogP contribution in [0.1, 0.15) is 31.5 Å². The lowest BCUT2D eigenvalue weighted by molar-refractivity contribution is 0.312. The van der Waals surface area contributed by atoms with Gasteiger partial charge in [-0.05, 0) is 12.8 Å². The number of imidazole rings is 1. The van der Waals surface area contributed by atoms with Crippen molar-refractivity contribution in [1.29, 1.82) is 5.41 Å². The minimum Gasteiger partial charge on any atom is -0.351 e. The lowest BCUT2D eigenvalue weighted by atomic mass is 10.1. The molecule has 0 saturated heterocycles. The number of hydrogen-bond acceptors (Lipinski definition) is 2. The summed E-state index contributed by atoms with van der Waals surface area (Å²) in [5.74, 6) is 2.47. The predicted molar refractivity (Wildman–Crippen MR) is 62.3 cm³/mol. The third-order valence-electron chi connectivity index (χ3n) is 3.83. The van der Waals surface area contributed by atoms with Gasteiger partial charge in [-0.2, -0.15) is 0 Å². The van der Waals surface area contributed by atoms with Gasteiger partial charge in [-0.25, -0.2) is 4.98 Å². The molecule has 0 bridgehead atoms. The Morgan fingerprint density at radius 1 is 1.31 bits per heavy atom. The molecule has 0 unspecified atom stereocenters. The zero-order valence-corrected chi connectivity index (χ0v) is 9.52. The summed E-state index contributed by atoms with van der Waals surface area (Å²) in [6, 6.07) is 0. The van der Waals surface area contributed by atoms with Gasteiger partial charge in [0.1, 0.15) is 5.82 Å². The maximum atomic E-state index is 8.26. The second-order valence-corrected chi connectivity index (χ2v) is 4.83. The van der Waals surface area contributed by atoms with Gasteiger partial charge in [-0.1, -0.05) is 12.8 Å². The van der Waals surface area contributed by atoms with E-state index in [1.807, 2.05) is 12.4 Å². The van der Waals surface area contributed by atoms with Crippen molar-refractivity contribution in [3.8, 4) is 0 Å². The van der Waals surface area contributed by atoms with Crippen molar-refractivity contribution in [1.82, 2.24) is 14.5 Å². The molecule has 1 aliphatic carbocycles. The monoisotopic (exact) mass is 218 g/mol. The number of rotatable bonds is 1. The second kappa shape index (κ2) is 3.92. The van der Waals surface area contributed by atoms with E-state index in [-0.39, 0.29) is 0 Å². The van der Waals surface area contributed by atoms with Crippen LogP contribution in [0.2, 0.25) is 0 Å². The number of nitrogens with zero attached hydrogens (tertiary/aromatic N) is 3. The summed E-state index contributed by atoms with van der Waals surface area (Å²) in [6.45, 7) is 2.77. The lowest BCUT2D eigenvalue weighted by Gasteiger charge is -2.32. The minimum atomic E-state index is 0.515. The van der Waals surface area contributed by atoms with E-state index in [9.17, 15) is 0 Å². The van der Waals surface area contributed by atoms with E-state index in [1.54, 1.807) is 0 Å². The summed E-state index contributed by atoms with van der Waals surface area (Å²) < 4.78 is 2.19. The van der Waals surface area contributed by atoms with E-state index >= 15 is 0 Å². The van der Waals surface area contributed by atoms with Gasteiger partial charge in [0.05, 0.1) is 12.4 Å². The standard InChI is InChI=1S/C12H18N4/c13-12(10-3-1-2-4-10)16-8-7-15-6-5-14-11(15)9-16/h5-6,10,13H,1-4,7-9H2. The molecule has 86 valence electrons. The maximum Gasteiger partial charge on any atom is 0.128 e. The van der Waals surface area contributed by atoms with Crippen molar-refractivity contribution in [3.63, 3.8) is 0 Å². The van der Waals surface area contributed by atoms with E-state index < -0.39 is 0 Å². The predicted octanol–water partition coefficient (Wildman–Crippen LogP) is 1.87. The topological polar surface area (TPSA) is 44.9 Å². The zero-order valence-electron chi connectivity index (χ0n) is 9.52. The zero-order chi connectivity index (χ0) is 11.0. The molecule has 0 radical (unpaired) electrons. The van der Waals surface area contributed by atoms with Gasteiger partial charge in [0.2, 0.25) is 0 Å². The van der Waals surface area contributed by atoms with Crippen LogP contribution in [0.4, 0.5) is 0 Å². The fraction of sp³-hybridized carbons (Fsp3) is 0.667. The molecule has 1 saturated carbocycles. The van der Waals surface area contributed by atoms with Crippen LogP contribution >= 0.6 is 0 Å². The van der Waals surface area contributed by atoms with E-state index in [2.05, 4.69) is 14.5 Å². The van der Waals surface area contributed by atoms with E-state index in [4.69, 9.17) is 5.41 Å². The van der Waals surface area contributed by atoms with Crippen LogP contribution in [-0.4, -0.2) is 26.8 Å². The summed E-state index contributed by atoms with van der Waals surface area (Å²) in [7, 11) is 0. The van der Waals surface area contributed by atoms with Crippen LogP contribution in [0, 0.1) is 11.3 Å². The number of hydrogen-bond donors (Lipinski definition) is 1. The van der Waals surface area contributed by atoms with Crippen LogP contribution in [0.25, 0.3) is 0 Å². The van der Waals surface area contributed by atoms with Crippen LogP contribution in [-0.2, 0) is 13.1 Å². The van der Waals surface area contributed by atoms with Crippen molar-refractivity contribution >= 4 is 5.84 Å². The van der Waals surface area contributed by atoms with Crippen molar-refractivity contribution in [2.24, 2.45) is 5.92 Å². The Bertz CT molecular complexity index is 389. The quantitative estimate of drug-likeness (QED) is 0.577. The first-order valence-corrected chi connectivity index (χ1v) is 6.18. The molecule has 1 aromatic heterocycles. The highest BCUT2D eigenvalue weighted by atomic mass is 15.3. The molecule has 3 rings (SSSR count). The van der Waals surface area contributed by atoms with Crippen molar-refractivity contribution < 1.29 is 0 Å². The Balaban J connectivity index is 1.71. The molecule has 2 heterocycles. The van der Waals surface area contributed by atoms with Crippen molar-refractivity contribution in [2.75, 3.05) is 6.54 Å². The summed E-state index contributed by atoms with van der Waals surface area (Å²) in [5, 5.41) is 8.26. The van der Waals surface area contributed by atoms with Gasteiger partial charge >= 0.3 is 0 Å². The molecule has 16 heavy (non-hydrogen) atoms. The summed E-state index contributed by atoms with van der Waals surface area (Å²) in [6.07, 6.45) is 8.92. The smallest absolute Gasteiger partial charge is 0.128 e. The lowest BCUT2D eigenvalue weighted by Crippen LogP contribution is -2.40. The molecule has 2 aliphatic rings. The number of aromatic nitrogens is 2. The maximum absolute atomic E-state index is 8.26. The largest absolute Gasteiger partial charge is 0.351 e. The Morgan fingerprint density at radius 2 is 2.12 bits per heavy atom. The fourth-order valence-electron chi connectivity index (χ4n) is 2.84. The van der Waals surface area contributed by atoms with Gasteiger partial charge < -0.3 is 9.47 Å². The molecule has 0 atom stereocenters. The molecular weight excluding hydrogens is 200 g/mol. The van der Waals surface area contributed by atoms with Gasteiger partial charge in [0, 0.05) is 31.4 Å². The van der Waals surface area contributed by atoms with Gasteiger partial charge in [0.15, 0.2) is 0 Å². The highest BCUT2D eigenvalue weighted by Gasteiger charge is 2.26. The third kappa shape index (κ3) is 1.62. The Kier molecular flexibility index (Phi) is 2.42. The molecule has 1 aromatic rings. The number of amidine groups is 1. The third-order valence-corrected chi connectivity index (χ3v) is 3.83. The molecule has 0 amide bonds. The Labute approximate surface area is 95.8 Å². The first-order chi connectivity index (χ1) is 7.84. The van der Waals surface area contributed by atoms with Gasteiger partial charge in [-0.15, -0.1) is 0 Å². The normalized spacial score (nSPS) is 21.1. The van der Waals surface area contributed by atoms with E-state index in [1.165, 1.54) is 25.7 Å². The van der Waals surface area contributed by atoms with Crippen LogP contribution in [0.5, 0.6) is 0 Å². The molecular formula is C12H18N4. The van der Waals surface area contributed by atoms with Crippen molar-refractivity contribution in [3.05, 3.63) is 18.2 Å². The van der Waals surface area contributed by atoms with Gasteiger partial charge in [0.25, 0.3) is 0 Å². The first-order valence-electron chi connectivity index (χ1n) is 6.18.